The highest BCUT2D eigenvalue weighted by Gasteiger charge is 2.49. The zero-order chi connectivity index (χ0) is 21.7. The van der Waals surface area contributed by atoms with E-state index >= 15 is 0 Å². The third kappa shape index (κ3) is 2.92. The highest BCUT2D eigenvalue weighted by atomic mass is 16.5. The molecule has 160 valence electrons. The number of para-hydroxylation sites is 2. The second-order valence-corrected chi connectivity index (χ2v) is 8.45. The molecule has 1 N–H and O–H groups in total. The van der Waals surface area contributed by atoms with Crippen LogP contribution in [-0.2, 0) is 16.0 Å². The Kier molecular flexibility index (Phi) is 4.73. The molecule has 3 heterocycles. The van der Waals surface area contributed by atoms with E-state index in [0.717, 1.165) is 34.1 Å². The molecule has 2 aromatic carbocycles. The van der Waals surface area contributed by atoms with Crippen LogP contribution in [0.3, 0.4) is 0 Å². The summed E-state index contributed by atoms with van der Waals surface area (Å²) < 4.78 is 5.66. The van der Waals surface area contributed by atoms with E-state index in [1.165, 1.54) is 0 Å². The van der Waals surface area contributed by atoms with Crippen LogP contribution in [0.25, 0.3) is 10.9 Å². The monoisotopic (exact) mass is 417 g/mol. The minimum atomic E-state index is -0.517. The Hall–Kier alpha value is -3.28. The maximum atomic E-state index is 13.6. The van der Waals surface area contributed by atoms with Gasteiger partial charge in [0.2, 0.25) is 11.8 Å². The van der Waals surface area contributed by atoms with Crippen molar-refractivity contribution in [3.05, 3.63) is 65.4 Å². The molecule has 1 fully saturated rings. The summed E-state index contributed by atoms with van der Waals surface area (Å²) in [6, 6.07) is 15.0. The second kappa shape index (κ2) is 7.45. The lowest BCUT2D eigenvalue weighted by Crippen LogP contribution is -2.64. The summed E-state index contributed by atoms with van der Waals surface area (Å²) in [5.41, 5.74) is 3.99. The molecule has 0 bridgehead atoms. The van der Waals surface area contributed by atoms with Crippen LogP contribution < -0.4 is 4.74 Å². The van der Waals surface area contributed by atoms with E-state index in [0.29, 0.717) is 12.2 Å². The zero-order valence-electron chi connectivity index (χ0n) is 18.1. The summed E-state index contributed by atoms with van der Waals surface area (Å²) in [7, 11) is 1.64. The molecule has 0 radical (unpaired) electrons. The van der Waals surface area contributed by atoms with Gasteiger partial charge in [-0.2, -0.15) is 0 Å². The van der Waals surface area contributed by atoms with Crippen LogP contribution in [0.15, 0.2) is 48.5 Å². The van der Waals surface area contributed by atoms with Gasteiger partial charge in [-0.05, 0) is 31.0 Å². The normalized spacial score (nSPS) is 21.8. The number of nitrogens with zero attached hydrogens (tertiary/aromatic N) is 2. The standard InChI is InChI=1S/C25H27N3O3/c1-4-15(2)27-14-22(29)28-20(25(27)30)13-18-16-9-5-7-11-19(16)26-23(18)24(28)17-10-6-8-12-21(17)31-3/h5-12,15,20,24,26H,4,13-14H2,1-3H3/t15-,20-,24-/m0/s1. The number of carbonyl (C=O) groups is 2. The van der Waals surface area contributed by atoms with Crippen molar-refractivity contribution in [2.75, 3.05) is 13.7 Å². The first-order valence-corrected chi connectivity index (χ1v) is 10.9. The Morgan fingerprint density at radius 2 is 1.87 bits per heavy atom. The smallest absolute Gasteiger partial charge is 0.246 e. The van der Waals surface area contributed by atoms with Gasteiger partial charge in [-0.1, -0.05) is 43.3 Å². The molecule has 6 nitrogen and oxygen atoms in total. The maximum Gasteiger partial charge on any atom is 0.246 e. The minimum Gasteiger partial charge on any atom is -0.496 e. The third-order valence-corrected chi connectivity index (χ3v) is 6.85. The summed E-state index contributed by atoms with van der Waals surface area (Å²) in [5, 5.41) is 1.11. The van der Waals surface area contributed by atoms with E-state index in [-0.39, 0.29) is 24.4 Å². The molecule has 2 aliphatic heterocycles. The number of methoxy groups -OCH3 is 1. The van der Waals surface area contributed by atoms with Crippen molar-refractivity contribution in [3.63, 3.8) is 0 Å². The van der Waals surface area contributed by atoms with E-state index in [4.69, 9.17) is 4.74 Å². The fraction of sp³-hybridized carbons (Fsp3) is 0.360. The molecule has 5 rings (SSSR count). The van der Waals surface area contributed by atoms with E-state index in [1.54, 1.807) is 16.9 Å². The van der Waals surface area contributed by atoms with E-state index in [1.807, 2.05) is 56.3 Å². The number of ether oxygens (including phenoxy) is 1. The number of rotatable bonds is 4. The van der Waals surface area contributed by atoms with Gasteiger partial charge >= 0.3 is 0 Å². The third-order valence-electron chi connectivity index (χ3n) is 6.85. The molecule has 31 heavy (non-hydrogen) atoms. The van der Waals surface area contributed by atoms with Gasteiger partial charge in [-0.25, -0.2) is 0 Å². The van der Waals surface area contributed by atoms with Crippen molar-refractivity contribution in [2.45, 2.75) is 44.8 Å². The molecule has 1 aromatic heterocycles. The van der Waals surface area contributed by atoms with Crippen molar-refractivity contribution in [1.82, 2.24) is 14.8 Å². The Morgan fingerprint density at radius 3 is 2.65 bits per heavy atom. The number of hydrogen-bond donors (Lipinski definition) is 1. The average Bonchev–Trinajstić information content (AvgIpc) is 3.18. The SMILES string of the molecule is CC[C@H](C)N1CC(=O)N2[C@@H](c3ccccc3OC)c3[nH]c4ccccc4c3C[C@H]2C1=O. The number of piperazine rings is 1. The van der Waals surface area contributed by atoms with Crippen molar-refractivity contribution < 1.29 is 14.3 Å². The van der Waals surface area contributed by atoms with Gasteiger partial charge in [0.25, 0.3) is 0 Å². The number of fused-ring (bicyclic) bond motifs is 4. The zero-order valence-corrected chi connectivity index (χ0v) is 18.1. The first-order chi connectivity index (χ1) is 15.0. The average molecular weight is 418 g/mol. The Labute approximate surface area is 181 Å². The topological polar surface area (TPSA) is 65.6 Å². The van der Waals surface area contributed by atoms with Crippen molar-refractivity contribution in [2.24, 2.45) is 0 Å². The molecular weight excluding hydrogens is 390 g/mol. The van der Waals surface area contributed by atoms with Crippen LogP contribution in [0.4, 0.5) is 0 Å². The van der Waals surface area contributed by atoms with Crippen LogP contribution in [0, 0.1) is 0 Å². The van der Waals surface area contributed by atoms with E-state index < -0.39 is 12.1 Å². The van der Waals surface area contributed by atoms with Crippen LogP contribution in [0.1, 0.15) is 43.1 Å². The van der Waals surface area contributed by atoms with Gasteiger partial charge in [-0.15, -0.1) is 0 Å². The fourth-order valence-corrected chi connectivity index (χ4v) is 5.10. The maximum absolute atomic E-state index is 13.6. The van der Waals surface area contributed by atoms with Gasteiger partial charge in [0.05, 0.1) is 7.11 Å². The molecule has 0 aliphatic carbocycles. The number of amides is 2. The van der Waals surface area contributed by atoms with E-state index in [9.17, 15) is 9.59 Å². The van der Waals surface area contributed by atoms with Crippen LogP contribution in [0.2, 0.25) is 0 Å². The first-order valence-electron chi connectivity index (χ1n) is 10.9. The Balaban J connectivity index is 1.73. The molecule has 2 amide bonds. The van der Waals surface area contributed by atoms with Crippen LogP contribution >= 0.6 is 0 Å². The fourth-order valence-electron chi connectivity index (χ4n) is 5.10. The predicted octanol–water partition coefficient (Wildman–Crippen LogP) is 3.66. The van der Waals surface area contributed by atoms with E-state index in [2.05, 4.69) is 11.1 Å². The molecule has 0 unspecified atom stereocenters. The van der Waals surface area contributed by atoms with Gasteiger partial charge in [0.15, 0.2) is 0 Å². The molecule has 0 saturated carbocycles. The van der Waals surface area contributed by atoms with Crippen LogP contribution in [0.5, 0.6) is 5.75 Å². The number of carbonyl (C=O) groups excluding carboxylic acids is 2. The van der Waals surface area contributed by atoms with Gasteiger partial charge in [-0.3, -0.25) is 9.59 Å². The Bertz CT molecular complexity index is 1170. The molecular formula is C25H27N3O3. The largest absolute Gasteiger partial charge is 0.496 e. The predicted molar refractivity (Wildman–Crippen MR) is 119 cm³/mol. The summed E-state index contributed by atoms with van der Waals surface area (Å²) in [6.07, 6.45) is 1.34. The Morgan fingerprint density at radius 1 is 1.13 bits per heavy atom. The summed E-state index contributed by atoms with van der Waals surface area (Å²) in [5.74, 6) is 0.720. The lowest BCUT2D eigenvalue weighted by molar-refractivity contribution is -0.160. The minimum absolute atomic E-state index is 0.0230. The molecule has 6 heteroatoms. The molecule has 3 aromatic rings. The first kappa shape index (κ1) is 19.7. The summed E-state index contributed by atoms with van der Waals surface area (Å²) >= 11 is 0. The second-order valence-electron chi connectivity index (χ2n) is 8.45. The quantitative estimate of drug-likeness (QED) is 0.705. The highest BCUT2D eigenvalue weighted by Crippen LogP contribution is 2.44. The lowest BCUT2D eigenvalue weighted by Gasteiger charge is -2.48. The van der Waals surface area contributed by atoms with Gasteiger partial charge in [0.1, 0.15) is 24.4 Å². The molecule has 3 atom stereocenters. The summed E-state index contributed by atoms with van der Waals surface area (Å²) in [4.78, 5) is 34.2. The molecule has 0 spiro atoms. The number of nitrogens with one attached hydrogen (secondary N) is 1. The van der Waals surface area contributed by atoms with Gasteiger partial charge in [0, 0.05) is 34.6 Å². The lowest BCUT2D eigenvalue weighted by atomic mass is 9.85. The summed E-state index contributed by atoms with van der Waals surface area (Å²) in [6.45, 7) is 4.18. The van der Waals surface area contributed by atoms with Crippen LogP contribution in [-0.4, -0.2) is 52.3 Å². The highest BCUT2D eigenvalue weighted by molar-refractivity contribution is 5.98. The van der Waals surface area contributed by atoms with Crippen molar-refractivity contribution >= 4 is 22.7 Å². The number of H-pyrrole nitrogens is 1. The molecule has 2 aliphatic rings. The van der Waals surface area contributed by atoms with Crippen molar-refractivity contribution in [1.29, 1.82) is 0 Å². The van der Waals surface area contributed by atoms with Gasteiger partial charge < -0.3 is 19.5 Å². The number of benzene rings is 2. The van der Waals surface area contributed by atoms with Crippen molar-refractivity contribution in [3.8, 4) is 5.75 Å². The number of aromatic amines is 1. The molecule has 1 saturated heterocycles. The number of aromatic nitrogens is 1. The number of hydrogen-bond acceptors (Lipinski definition) is 3.